The van der Waals surface area contributed by atoms with Crippen molar-refractivity contribution in [1.82, 2.24) is 9.80 Å². The van der Waals surface area contributed by atoms with Gasteiger partial charge in [-0.15, -0.1) is 5.10 Å². The lowest BCUT2D eigenvalue weighted by Gasteiger charge is -2.19. The van der Waals surface area contributed by atoms with Gasteiger partial charge in [0, 0.05) is 13.1 Å². The highest BCUT2D eigenvalue weighted by molar-refractivity contribution is 8.15. The van der Waals surface area contributed by atoms with Crippen molar-refractivity contribution in [1.29, 1.82) is 0 Å². The van der Waals surface area contributed by atoms with Gasteiger partial charge in [0.2, 0.25) is 5.91 Å². The van der Waals surface area contributed by atoms with Crippen molar-refractivity contribution in [3.8, 4) is 0 Å². The summed E-state index contributed by atoms with van der Waals surface area (Å²) >= 11 is 1.35. The summed E-state index contributed by atoms with van der Waals surface area (Å²) in [6.45, 7) is 8.59. The van der Waals surface area contributed by atoms with Gasteiger partial charge in [0.05, 0.1) is 12.3 Å². The van der Waals surface area contributed by atoms with E-state index in [9.17, 15) is 9.59 Å². The topological polar surface area (TPSA) is 65.3 Å². The van der Waals surface area contributed by atoms with Crippen molar-refractivity contribution >= 4 is 35.0 Å². The molecule has 1 aliphatic rings. The lowest BCUT2D eigenvalue weighted by Crippen LogP contribution is -2.33. The molecule has 2 rings (SSSR count). The van der Waals surface area contributed by atoms with Gasteiger partial charge in [0.25, 0.3) is 5.91 Å². The molecule has 1 heterocycles. The Balaban J connectivity index is 2.15. The van der Waals surface area contributed by atoms with Crippen LogP contribution < -0.4 is 0 Å². The zero-order valence-corrected chi connectivity index (χ0v) is 16.8. The lowest BCUT2D eigenvalue weighted by molar-refractivity contribution is -0.124. The summed E-state index contributed by atoms with van der Waals surface area (Å²) in [5.74, 6) is 0.514. The molecule has 1 aromatic rings. The van der Waals surface area contributed by atoms with Gasteiger partial charge in [-0.05, 0) is 30.9 Å². The summed E-state index contributed by atoms with van der Waals surface area (Å²) in [5, 5.41) is 8.54. The summed E-state index contributed by atoms with van der Waals surface area (Å²) in [5.41, 5.74) is 2.32. The Bertz CT molecular complexity index is 728. The number of amides is 2. The molecule has 0 unspecified atom stereocenters. The molecular formula is C19H26N4O2S. The SMILES string of the molecule is CC(C)c1ccccc1CN1C(=O)CS/C1=N\N=C\C(=O)N(C)C(C)C. The van der Waals surface area contributed by atoms with Crippen LogP contribution in [0, 0.1) is 0 Å². The van der Waals surface area contributed by atoms with Crippen LogP contribution in [-0.2, 0) is 16.1 Å². The van der Waals surface area contributed by atoms with Crippen LogP contribution in [0.4, 0.5) is 0 Å². The molecule has 6 nitrogen and oxygen atoms in total. The van der Waals surface area contributed by atoms with Crippen LogP contribution in [0.2, 0.25) is 0 Å². The minimum absolute atomic E-state index is 0.00753. The number of amidine groups is 1. The Morgan fingerprint density at radius 1 is 1.31 bits per heavy atom. The zero-order valence-electron chi connectivity index (χ0n) is 16.0. The molecule has 0 N–H and O–H groups in total. The van der Waals surface area contributed by atoms with Crippen LogP contribution in [0.25, 0.3) is 0 Å². The fraction of sp³-hybridized carbons (Fsp3) is 0.474. The van der Waals surface area contributed by atoms with Gasteiger partial charge in [-0.25, -0.2) is 0 Å². The molecule has 0 aromatic heterocycles. The second-order valence-electron chi connectivity index (χ2n) is 6.79. The van der Waals surface area contributed by atoms with E-state index in [1.807, 2.05) is 32.0 Å². The van der Waals surface area contributed by atoms with Crippen LogP contribution in [0.15, 0.2) is 34.5 Å². The van der Waals surface area contributed by atoms with Crippen molar-refractivity contribution in [2.24, 2.45) is 10.2 Å². The maximum atomic E-state index is 12.3. The van der Waals surface area contributed by atoms with Gasteiger partial charge in [0.15, 0.2) is 5.17 Å². The standard InChI is InChI=1S/C19H26N4O2S/c1-13(2)16-9-7-6-8-15(16)11-23-18(25)12-26-19(23)21-20-10-17(24)22(5)14(3)4/h6-10,13-14H,11-12H2,1-5H3/b20-10+,21-19-. The Morgan fingerprint density at radius 3 is 2.65 bits per heavy atom. The largest absolute Gasteiger partial charge is 0.338 e. The average Bonchev–Trinajstić information content (AvgIpc) is 2.94. The smallest absolute Gasteiger partial charge is 0.266 e. The molecule has 2 amide bonds. The molecule has 7 heteroatoms. The quantitative estimate of drug-likeness (QED) is 0.568. The molecular weight excluding hydrogens is 348 g/mol. The van der Waals surface area contributed by atoms with E-state index in [4.69, 9.17) is 0 Å². The Hall–Kier alpha value is -2.15. The summed E-state index contributed by atoms with van der Waals surface area (Å²) < 4.78 is 0. The van der Waals surface area contributed by atoms with E-state index in [1.54, 1.807) is 16.8 Å². The summed E-state index contributed by atoms with van der Waals surface area (Å²) in [6, 6.07) is 8.20. The molecule has 1 aromatic carbocycles. The van der Waals surface area contributed by atoms with Gasteiger partial charge in [0.1, 0.15) is 6.21 Å². The van der Waals surface area contributed by atoms with Gasteiger partial charge < -0.3 is 4.90 Å². The number of hydrogen-bond acceptors (Lipinski definition) is 5. The van der Waals surface area contributed by atoms with E-state index < -0.39 is 0 Å². The van der Waals surface area contributed by atoms with Crippen molar-refractivity contribution < 1.29 is 9.59 Å². The van der Waals surface area contributed by atoms with E-state index in [0.29, 0.717) is 23.4 Å². The first-order chi connectivity index (χ1) is 12.3. The lowest BCUT2D eigenvalue weighted by atomic mass is 9.97. The number of nitrogens with zero attached hydrogens (tertiary/aromatic N) is 4. The first kappa shape index (κ1) is 20.2. The van der Waals surface area contributed by atoms with E-state index in [2.05, 4.69) is 30.1 Å². The third-order valence-electron chi connectivity index (χ3n) is 4.30. The van der Waals surface area contributed by atoms with E-state index in [1.165, 1.54) is 23.5 Å². The number of hydrogen-bond donors (Lipinski definition) is 0. The van der Waals surface area contributed by atoms with Crippen LogP contribution in [0.3, 0.4) is 0 Å². The molecule has 1 aliphatic heterocycles. The molecule has 26 heavy (non-hydrogen) atoms. The first-order valence-corrected chi connectivity index (χ1v) is 9.68. The predicted octanol–water partition coefficient (Wildman–Crippen LogP) is 3.09. The second kappa shape index (κ2) is 8.98. The molecule has 1 fully saturated rings. The number of carbonyl (C=O) groups is 2. The van der Waals surface area contributed by atoms with Crippen molar-refractivity contribution in [3.63, 3.8) is 0 Å². The molecule has 0 saturated carbocycles. The van der Waals surface area contributed by atoms with Crippen molar-refractivity contribution in [2.75, 3.05) is 12.8 Å². The fourth-order valence-electron chi connectivity index (χ4n) is 2.51. The third-order valence-corrected chi connectivity index (χ3v) is 5.25. The summed E-state index contributed by atoms with van der Waals surface area (Å²) in [6.07, 6.45) is 1.19. The van der Waals surface area contributed by atoms with Gasteiger partial charge in [-0.3, -0.25) is 14.5 Å². The molecule has 1 saturated heterocycles. The van der Waals surface area contributed by atoms with E-state index in [-0.39, 0.29) is 17.9 Å². The van der Waals surface area contributed by atoms with Gasteiger partial charge in [-0.2, -0.15) is 5.10 Å². The first-order valence-electron chi connectivity index (χ1n) is 8.70. The minimum Gasteiger partial charge on any atom is -0.338 e. The molecule has 0 radical (unpaired) electrons. The molecule has 0 spiro atoms. The Morgan fingerprint density at radius 2 is 2.00 bits per heavy atom. The van der Waals surface area contributed by atoms with Crippen LogP contribution in [0.5, 0.6) is 0 Å². The average molecular weight is 375 g/mol. The zero-order chi connectivity index (χ0) is 19.3. The number of benzene rings is 1. The molecule has 0 bridgehead atoms. The normalized spacial score (nSPS) is 16.5. The molecule has 0 aliphatic carbocycles. The van der Waals surface area contributed by atoms with E-state index in [0.717, 1.165) is 5.56 Å². The second-order valence-corrected chi connectivity index (χ2v) is 7.73. The van der Waals surface area contributed by atoms with Crippen molar-refractivity contribution in [3.05, 3.63) is 35.4 Å². The number of carbonyl (C=O) groups excluding carboxylic acids is 2. The van der Waals surface area contributed by atoms with E-state index >= 15 is 0 Å². The monoisotopic (exact) mass is 374 g/mol. The Kier molecular flexibility index (Phi) is 6.97. The van der Waals surface area contributed by atoms with Crippen molar-refractivity contribution in [2.45, 2.75) is 46.2 Å². The minimum atomic E-state index is -0.213. The van der Waals surface area contributed by atoms with Crippen LogP contribution in [-0.4, -0.2) is 51.8 Å². The number of rotatable bonds is 6. The molecule has 140 valence electrons. The summed E-state index contributed by atoms with van der Waals surface area (Å²) in [7, 11) is 1.72. The number of thioether (sulfide) groups is 1. The van der Waals surface area contributed by atoms with Gasteiger partial charge >= 0.3 is 0 Å². The fourth-order valence-corrected chi connectivity index (χ4v) is 3.35. The van der Waals surface area contributed by atoms with Crippen LogP contribution in [0.1, 0.15) is 44.7 Å². The highest BCUT2D eigenvalue weighted by atomic mass is 32.2. The highest BCUT2D eigenvalue weighted by Crippen LogP contribution is 2.26. The highest BCUT2D eigenvalue weighted by Gasteiger charge is 2.29. The maximum Gasteiger partial charge on any atom is 0.266 e. The molecule has 0 atom stereocenters. The summed E-state index contributed by atoms with van der Waals surface area (Å²) in [4.78, 5) is 27.4. The predicted molar refractivity (Wildman–Crippen MR) is 107 cm³/mol. The maximum absolute atomic E-state index is 12.3. The van der Waals surface area contributed by atoms with Crippen LogP contribution >= 0.6 is 11.8 Å². The third kappa shape index (κ3) is 4.94. The van der Waals surface area contributed by atoms with Gasteiger partial charge in [-0.1, -0.05) is 49.9 Å². The Labute approximate surface area is 159 Å².